The summed E-state index contributed by atoms with van der Waals surface area (Å²) in [5, 5.41) is 25.7. The number of carbonyl (C=O) groups excluding carboxylic acids is 3. The number of aliphatic hydroxyl groups is 2. The van der Waals surface area contributed by atoms with Crippen LogP contribution in [0.4, 0.5) is 9.59 Å². The van der Waals surface area contributed by atoms with Crippen molar-refractivity contribution in [1.82, 2.24) is 16.2 Å². The average molecular weight is 578 g/mol. The molecule has 42 heavy (non-hydrogen) atoms. The summed E-state index contributed by atoms with van der Waals surface area (Å²) in [7, 11) is 0. The van der Waals surface area contributed by atoms with Crippen LogP contribution in [0.1, 0.15) is 43.9 Å². The molecule has 0 aliphatic carbocycles. The molecule has 5 N–H and O–H groups in total. The molecule has 0 aliphatic rings. The molecule has 0 radical (unpaired) electrons. The maximum absolute atomic E-state index is 13.3. The van der Waals surface area contributed by atoms with Crippen molar-refractivity contribution in [2.75, 3.05) is 0 Å². The number of hydrazine groups is 1. The second kappa shape index (κ2) is 15.0. The molecule has 10 nitrogen and oxygen atoms in total. The van der Waals surface area contributed by atoms with E-state index >= 15 is 0 Å². The highest BCUT2D eigenvalue weighted by atomic mass is 16.6. The van der Waals surface area contributed by atoms with Gasteiger partial charge in [0.2, 0.25) is 0 Å². The predicted octanol–water partition coefficient (Wildman–Crippen LogP) is 3.80. The molecule has 3 amide bonds. The van der Waals surface area contributed by atoms with Gasteiger partial charge in [0.05, 0.1) is 12.1 Å². The van der Waals surface area contributed by atoms with Gasteiger partial charge in [-0.25, -0.2) is 15.0 Å². The van der Waals surface area contributed by atoms with Gasteiger partial charge >= 0.3 is 12.2 Å². The van der Waals surface area contributed by atoms with Crippen LogP contribution < -0.4 is 16.2 Å². The van der Waals surface area contributed by atoms with Crippen molar-refractivity contribution < 1.29 is 34.1 Å². The van der Waals surface area contributed by atoms with Crippen molar-refractivity contribution in [2.45, 2.75) is 70.0 Å². The van der Waals surface area contributed by atoms with Gasteiger partial charge in [-0.05, 0) is 43.9 Å². The van der Waals surface area contributed by atoms with Crippen molar-refractivity contribution in [2.24, 2.45) is 0 Å². The molecule has 0 bridgehead atoms. The van der Waals surface area contributed by atoms with E-state index in [2.05, 4.69) is 16.2 Å². The van der Waals surface area contributed by atoms with Crippen LogP contribution in [0.25, 0.3) is 0 Å². The summed E-state index contributed by atoms with van der Waals surface area (Å²) in [5.74, 6) is -0.960. The first kappa shape index (κ1) is 32.1. The quantitative estimate of drug-likeness (QED) is 0.218. The Bertz CT molecular complexity index is 1280. The van der Waals surface area contributed by atoms with Crippen LogP contribution in [-0.4, -0.2) is 51.7 Å². The lowest BCUT2D eigenvalue weighted by Gasteiger charge is -2.33. The average Bonchev–Trinajstić information content (AvgIpc) is 2.95. The standard InChI is InChI=1S/C32H39N3O7/c1-31(2,3)42-29(38)33-26(19-23-13-7-4-8-14-23)27(36)21-32(40,20-24-15-9-5-10-16-24)28(37)34-35-30(39)41-22-25-17-11-6-12-18-25/h4-18,26-27,36,40H,19-22H2,1-3H3,(H,33,38)(H,34,37)(H,35,39)/t26-,27-,32-/m0/s1. The largest absolute Gasteiger partial charge is 0.444 e. The number of aliphatic hydroxyl groups excluding tert-OH is 1. The maximum Gasteiger partial charge on any atom is 0.426 e. The summed E-state index contributed by atoms with van der Waals surface area (Å²) in [6.45, 7) is 5.13. The summed E-state index contributed by atoms with van der Waals surface area (Å²) in [4.78, 5) is 38.2. The Hall–Kier alpha value is -4.41. The summed E-state index contributed by atoms with van der Waals surface area (Å²) in [6, 6.07) is 26.0. The fourth-order valence-corrected chi connectivity index (χ4v) is 4.26. The summed E-state index contributed by atoms with van der Waals surface area (Å²) in [5.41, 5.74) is 3.59. The van der Waals surface area contributed by atoms with Gasteiger partial charge in [0, 0.05) is 12.8 Å². The monoisotopic (exact) mass is 577 g/mol. The molecule has 3 rings (SSSR count). The molecular weight excluding hydrogens is 538 g/mol. The van der Waals surface area contributed by atoms with Gasteiger partial charge in [-0.15, -0.1) is 0 Å². The molecule has 0 heterocycles. The Morgan fingerprint density at radius 3 is 1.83 bits per heavy atom. The van der Waals surface area contributed by atoms with E-state index in [1.807, 2.05) is 36.4 Å². The lowest BCUT2D eigenvalue weighted by molar-refractivity contribution is -0.144. The lowest BCUT2D eigenvalue weighted by atomic mass is 9.85. The van der Waals surface area contributed by atoms with Crippen LogP contribution in [0, 0.1) is 0 Å². The molecule has 0 saturated heterocycles. The minimum absolute atomic E-state index is 0.0208. The van der Waals surface area contributed by atoms with Gasteiger partial charge in [-0.1, -0.05) is 91.0 Å². The Morgan fingerprint density at radius 2 is 1.29 bits per heavy atom. The number of hydrogen-bond acceptors (Lipinski definition) is 7. The Labute approximate surface area is 246 Å². The zero-order valence-corrected chi connectivity index (χ0v) is 24.1. The normalized spacial score (nSPS) is 14.0. The van der Waals surface area contributed by atoms with Gasteiger partial charge in [0.25, 0.3) is 5.91 Å². The van der Waals surface area contributed by atoms with E-state index in [9.17, 15) is 24.6 Å². The zero-order chi connectivity index (χ0) is 30.6. The molecule has 0 fully saturated rings. The van der Waals surface area contributed by atoms with E-state index in [0.29, 0.717) is 5.56 Å². The lowest BCUT2D eigenvalue weighted by Crippen LogP contribution is -2.57. The van der Waals surface area contributed by atoms with Crippen molar-refractivity contribution in [3.8, 4) is 0 Å². The summed E-state index contributed by atoms with van der Waals surface area (Å²) < 4.78 is 10.5. The van der Waals surface area contributed by atoms with E-state index in [4.69, 9.17) is 9.47 Å². The Kier molecular flexibility index (Phi) is 11.5. The number of hydrogen-bond donors (Lipinski definition) is 5. The maximum atomic E-state index is 13.3. The Morgan fingerprint density at radius 1 is 0.762 bits per heavy atom. The molecule has 224 valence electrons. The van der Waals surface area contributed by atoms with Gasteiger partial charge < -0.3 is 25.0 Å². The minimum Gasteiger partial charge on any atom is -0.444 e. The SMILES string of the molecule is CC(C)(C)OC(=O)N[C@@H](Cc1ccccc1)[C@@H](O)C[C@@](O)(Cc1ccccc1)C(=O)NNC(=O)OCc1ccccc1. The number of rotatable bonds is 11. The topological polar surface area (TPSA) is 146 Å². The molecule has 0 spiro atoms. The first-order chi connectivity index (χ1) is 19.9. The first-order valence-electron chi connectivity index (χ1n) is 13.7. The molecule has 3 atom stereocenters. The number of carbonyl (C=O) groups is 3. The molecular formula is C32H39N3O7. The van der Waals surface area contributed by atoms with Crippen LogP contribution in [-0.2, 0) is 33.7 Å². The summed E-state index contributed by atoms with van der Waals surface area (Å²) >= 11 is 0. The van der Waals surface area contributed by atoms with Crippen LogP contribution in [0.2, 0.25) is 0 Å². The van der Waals surface area contributed by atoms with E-state index in [0.717, 1.165) is 11.1 Å². The third-order valence-electron chi connectivity index (χ3n) is 6.26. The number of benzene rings is 3. The van der Waals surface area contributed by atoms with Crippen LogP contribution in [0.3, 0.4) is 0 Å². The fourth-order valence-electron chi connectivity index (χ4n) is 4.26. The van der Waals surface area contributed by atoms with Crippen molar-refractivity contribution in [1.29, 1.82) is 0 Å². The molecule has 0 saturated carbocycles. The third-order valence-corrected chi connectivity index (χ3v) is 6.26. The second-order valence-electron chi connectivity index (χ2n) is 11.0. The van der Waals surface area contributed by atoms with Crippen molar-refractivity contribution >= 4 is 18.1 Å². The molecule has 0 unspecified atom stereocenters. The van der Waals surface area contributed by atoms with Crippen molar-refractivity contribution in [3.05, 3.63) is 108 Å². The van der Waals surface area contributed by atoms with E-state index < -0.39 is 47.9 Å². The highest BCUT2D eigenvalue weighted by molar-refractivity contribution is 5.86. The molecule has 3 aromatic rings. The van der Waals surface area contributed by atoms with E-state index in [1.54, 1.807) is 75.4 Å². The summed E-state index contributed by atoms with van der Waals surface area (Å²) in [6.07, 6.45) is -3.51. The molecule has 3 aromatic carbocycles. The van der Waals surface area contributed by atoms with Crippen molar-refractivity contribution in [3.63, 3.8) is 0 Å². The van der Waals surface area contributed by atoms with Crippen LogP contribution in [0.15, 0.2) is 91.0 Å². The first-order valence-corrected chi connectivity index (χ1v) is 13.7. The highest BCUT2D eigenvalue weighted by Crippen LogP contribution is 2.23. The third kappa shape index (κ3) is 10.9. The molecule has 0 aromatic heterocycles. The number of ether oxygens (including phenoxy) is 2. The second-order valence-corrected chi connectivity index (χ2v) is 11.0. The zero-order valence-electron chi connectivity index (χ0n) is 24.1. The van der Waals surface area contributed by atoms with Crippen LogP contribution >= 0.6 is 0 Å². The smallest absolute Gasteiger partial charge is 0.426 e. The minimum atomic E-state index is -2.18. The fraction of sp³-hybridized carbons (Fsp3) is 0.344. The number of alkyl carbamates (subject to hydrolysis) is 1. The predicted molar refractivity (Wildman–Crippen MR) is 157 cm³/mol. The van der Waals surface area contributed by atoms with Gasteiger partial charge in [0.15, 0.2) is 5.60 Å². The van der Waals surface area contributed by atoms with Crippen LogP contribution in [0.5, 0.6) is 0 Å². The molecule has 10 heteroatoms. The molecule has 0 aliphatic heterocycles. The van der Waals surface area contributed by atoms with Gasteiger partial charge in [0.1, 0.15) is 12.2 Å². The highest BCUT2D eigenvalue weighted by Gasteiger charge is 2.41. The number of amides is 3. The van der Waals surface area contributed by atoms with E-state index in [1.165, 1.54) is 0 Å². The van der Waals surface area contributed by atoms with Gasteiger partial charge in [-0.3, -0.25) is 10.2 Å². The van der Waals surface area contributed by atoms with E-state index in [-0.39, 0.29) is 19.4 Å². The van der Waals surface area contributed by atoms with Gasteiger partial charge in [-0.2, -0.15) is 0 Å². The Balaban J connectivity index is 1.75. The number of nitrogens with one attached hydrogen (secondary N) is 3.